The molecule has 0 aliphatic rings. The fourth-order valence-electron chi connectivity index (χ4n) is 1.43. The molecule has 0 atom stereocenters. The van der Waals surface area contributed by atoms with E-state index in [1.54, 1.807) is 6.92 Å². The van der Waals surface area contributed by atoms with Gasteiger partial charge in [-0.3, -0.25) is 0 Å². The van der Waals surface area contributed by atoms with Gasteiger partial charge in [0, 0.05) is 12.7 Å². The summed E-state index contributed by atoms with van der Waals surface area (Å²) < 4.78 is 39.1. The van der Waals surface area contributed by atoms with E-state index in [2.05, 4.69) is 15.0 Å². The molecule has 0 bridgehead atoms. The second kappa shape index (κ2) is 4.56. The van der Waals surface area contributed by atoms with Crippen molar-refractivity contribution in [3.05, 3.63) is 29.4 Å². The molecular weight excluding hydrogens is 269 g/mol. The van der Waals surface area contributed by atoms with Crippen LogP contribution in [0.15, 0.2) is 18.6 Å². The Morgan fingerprint density at radius 3 is 2.50 bits per heavy atom. The molecule has 0 aliphatic carbocycles. The average Bonchev–Trinajstić information content (AvgIpc) is 2.73. The van der Waals surface area contributed by atoms with Crippen LogP contribution in [0.3, 0.4) is 0 Å². The predicted octanol–water partition coefficient (Wildman–Crippen LogP) is 3.03. The number of aryl methyl sites for hydroxylation is 1. The highest BCUT2D eigenvalue weighted by Crippen LogP contribution is 2.30. The fourth-order valence-corrected chi connectivity index (χ4v) is 1.52. The molecule has 0 saturated heterocycles. The number of halogens is 4. The second-order valence-corrected chi connectivity index (χ2v) is 3.85. The number of alkyl halides is 3. The fraction of sp³-hybridized carbons (Fsp3) is 0.300. The molecule has 0 spiro atoms. The normalized spacial score (nSPS) is 11.8. The minimum Gasteiger partial charge on any atom is -0.329 e. The molecule has 2 rings (SSSR count). The number of hydrogen-bond acceptors (Lipinski definition) is 3. The van der Waals surface area contributed by atoms with Crippen LogP contribution in [0.5, 0.6) is 0 Å². The molecule has 18 heavy (non-hydrogen) atoms. The van der Waals surface area contributed by atoms with Crippen molar-refractivity contribution >= 4 is 11.6 Å². The van der Waals surface area contributed by atoms with Crippen molar-refractivity contribution in [3.63, 3.8) is 0 Å². The van der Waals surface area contributed by atoms with Crippen molar-refractivity contribution in [2.24, 2.45) is 0 Å². The van der Waals surface area contributed by atoms with E-state index in [-0.39, 0.29) is 16.7 Å². The van der Waals surface area contributed by atoms with Crippen molar-refractivity contribution in [1.29, 1.82) is 0 Å². The van der Waals surface area contributed by atoms with E-state index in [1.807, 2.05) is 0 Å². The molecule has 2 heterocycles. The van der Waals surface area contributed by atoms with E-state index in [9.17, 15) is 13.2 Å². The van der Waals surface area contributed by atoms with Gasteiger partial charge in [0.15, 0.2) is 11.5 Å². The maximum atomic E-state index is 12.6. The molecule has 0 unspecified atom stereocenters. The van der Waals surface area contributed by atoms with E-state index < -0.39 is 11.9 Å². The van der Waals surface area contributed by atoms with Gasteiger partial charge in [-0.2, -0.15) is 13.2 Å². The Hall–Kier alpha value is -1.63. The summed E-state index contributed by atoms with van der Waals surface area (Å²) in [6.07, 6.45) is -0.976. The summed E-state index contributed by atoms with van der Waals surface area (Å²) in [6.45, 7) is 2.07. The summed E-state index contributed by atoms with van der Waals surface area (Å²) in [6, 6.07) is 0. The molecule has 0 N–H and O–H groups in total. The Bertz CT molecular complexity index is 547. The van der Waals surface area contributed by atoms with Crippen molar-refractivity contribution in [1.82, 2.24) is 19.5 Å². The number of aromatic nitrogens is 4. The highest BCUT2D eigenvalue weighted by Gasteiger charge is 2.35. The van der Waals surface area contributed by atoms with Gasteiger partial charge in [-0.1, -0.05) is 11.6 Å². The zero-order valence-electron chi connectivity index (χ0n) is 9.24. The third-order valence-corrected chi connectivity index (χ3v) is 2.45. The number of rotatable bonds is 2. The third-order valence-electron chi connectivity index (χ3n) is 2.26. The van der Waals surface area contributed by atoms with Crippen molar-refractivity contribution in [2.75, 3.05) is 0 Å². The van der Waals surface area contributed by atoms with Crippen LogP contribution in [-0.4, -0.2) is 19.5 Å². The van der Waals surface area contributed by atoms with E-state index in [4.69, 9.17) is 11.6 Å². The van der Waals surface area contributed by atoms with Crippen LogP contribution >= 0.6 is 11.6 Å². The molecule has 0 amide bonds. The molecule has 0 radical (unpaired) electrons. The number of nitrogens with zero attached hydrogens (tertiary/aromatic N) is 4. The quantitative estimate of drug-likeness (QED) is 0.847. The lowest BCUT2D eigenvalue weighted by atomic mass is 10.4. The Kier molecular flexibility index (Phi) is 3.25. The van der Waals surface area contributed by atoms with Gasteiger partial charge in [0.25, 0.3) is 0 Å². The van der Waals surface area contributed by atoms with Gasteiger partial charge in [-0.25, -0.2) is 15.0 Å². The van der Waals surface area contributed by atoms with E-state index in [0.717, 1.165) is 6.20 Å². The Labute approximate surface area is 105 Å². The lowest BCUT2D eigenvalue weighted by Crippen LogP contribution is -2.05. The molecule has 0 fully saturated rings. The highest BCUT2D eigenvalue weighted by atomic mass is 35.5. The maximum absolute atomic E-state index is 12.6. The van der Waals surface area contributed by atoms with Crippen LogP contribution in [0.25, 0.3) is 11.5 Å². The van der Waals surface area contributed by atoms with Crippen LogP contribution < -0.4 is 0 Å². The largest absolute Gasteiger partial charge is 0.434 e. The predicted molar refractivity (Wildman–Crippen MR) is 58.9 cm³/mol. The Morgan fingerprint density at radius 2 is 2.00 bits per heavy atom. The van der Waals surface area contributed by atoms with Crippen LogP contribution in [-0.2, 0) is 12.7 Å². The summed E-state index contributed by atoms with van der Waals surface area (Å²) in [5, 5.41) is 0.171. The molecular formula is C10H8ClF3N4. The standard InChI is InChI=1S/C10H8ClF3N4/c1-2-18-5-7(10(12,13)14)17-9(18)6-3-16-8(11)4-15-6/h3-5H,2H2,1H3. The van der Waals surface area contributed by atoms with E-state index >= 15 is 0 Å². The summed E-state index contributed by atoms with van der Waals surface area (Å²) in [4.78, 5) is 11.2. The van der Waals surface area contributed by atoms with E-state index in [1.165, 1.54) is 17.0 Å². The van der Waals surface area contributed by atoms with Crippen molar-refractivity contribution in [3.8, 4) is 11.5 Å². The lowest BCUT2D eigenvalue weighted by molar-refractivity contribution is -0.140. The van der Waals surface area contributed by atoms with Gasteiger partial charge in [-0.15, -0.1) is 0 Å². The minimum atomic E-state index is -4.48. The molecule has 2 aromatic rings. The number of hydrogen-bond donors (Lipinski definition) is 0. The lowest BCUT2D eigenvalue weighted by Gasteiger charge is -2.02. The average molecular weight is 277 g/mol. The summed E-state index contributed by atoms with van der Waals surface area (Å²) in [7, 11) is 0. The summed E-state index contributed by atoms with van der Waals surface area (Å²) >= 11 is 5.57. The molecule has 2 aromatic heterocycles. The molecule has 0 saturated carbocycles. The number of imidazole rings is 1. The van der Waals surface area contributed by atoms with E-state index in [0.29, 0.717) is 6.54 Å². The monoisotopic (exact) mass is 276 g/mol. The van der Waals surface area contributed by atoms with Crippen molar-refractivity contribution in [2.45, 2.75) is 19.6 Å². The molecule has 0 aliphatic heterocycles. The van der Waals surface area contributed by atoms with Crippen LogP contribution in [0.1, 0.15) is 12.6 Å². The van der Waals surface area contributed by atoms with Crippen LogP contribution in [0, 0.1) is 0 Å². The Morgan fingerprint density at radius 1 is 1.28 bits per heavy atom. The van der Waals surface area contributed by atoms with Gasteiger partial charge >= 0.3 is 6.18 Å². The first-order chi connectivity index (χ1) is 8.41. The smallest absolute Gasteiger partial charge is 0.329 e. The molecule has 0 aromatic carbocycles. The van der Waals surface area contributed by atoms with Gasteiger partial charge < -0.3 is 4.57 Å². The van der Waals surface area contributed by atoms with Crippen molar-refractivity contribution < 1.29 is 13.2 Å². The second-order valence-electron chi connectivity index (χ2n) is 3.46. The molecule has 96 valence electrons. The summed E-state index contributed by atoms with van der Waals surface area (Å²) in [5.41, 5.74) is -0.701. The topological polar surface area (TPSA) is 43.6 Å². The van der Waals surface area contributed by atoms with Gasteiger partial charge in [0.05, 0.1) is 12.4 Å². The van der Waals surface area contributed by atoms with Gasteiger partial charge in [0.1, 0.15) is 10.8 Å². The first kappa shape index (κ1) is 12.8. The Balaban J connectivity index is 2.50. The SMILES string of the molecule is CCn1cc(C(F)(F)F)nc1-c1cnc(Cl)cn1. The zero-order chi connectivity index (χ0) is 13.3. The zero-order valence-corrected chi connectivity index (χ0v) is 10.00. The summed E-state index contributed by atoms with van der Waals surface area (Å²) in [5.74, 6) is 0.119. The van der Waals surface area contributed by atoms with Gasteiger partial charge in [0.2, 0.25) is 0 Å². The van der Waals surface area contributed by atoms with Gasteiger partial charge in [-0.05, 0) is 6.92 Å². The maximum Gasteiger partial charge on any atom is 0.434 e. The molecule has 4 nitrogen and oxygen atoms in total. The van der Waals surface area contributed by atoms with Crippen LogP contribution in [0.2, 0.25) is 5.15 Å². The van der Waals surface area contributed by atoms with Crippen LogP contribution in [0.4, 0.5) is 13.2 Å². The first-order valence-electron chi connectivity index (χ1n) is 5.04. The third kappa shape index (κ3) is 2.45. The minimum absolute atomic E-state index is 0.119. The molecule has 8 heteroatoms. The first-order valence-corrected chi connectivity index (χ1v) is 5.42. The highest BCUT2D eigenvalue weighted by molar-refractivity contribution is 6.29.